The van der Waals surface area contributed by atoms with Crippen molar-refractivity contribution in [3.8, 4) is 0 Å². The molecule has 1 aliphatic heterocycles. The molecule has 2 bridgehead atoms. The Morgan fingerprint density at radius 1 is 0.842 bits per heavy atom. The standard InChI is InChI=1S/C27H24Cl2N2O7/c1-2-37-26(35)13-3-7-15(8-4-13)30-19(32)12-38-27(36)14-5-9-16(10-6-14)31-24(33)20-17-11-18(21(20)25(31)34)23(29)22(17)28/h3-10,17-18,20-23H,2,11-12H2,1H3,(H,30,32)/t17-,18-,20-,21+,22+,23+/m1/s1. The Morgan fingerprint density at radius 2 is 1.34 bits per heavy atom. The van der Waals surface area contributed by atoms with Gasteiger partial charge in [-0.1, -0.05) is 0 Å². The fraction of sp³-hybridized carbons (Fsp3) is 0.370. The Morgan fingerprint density at radius 3 is 1.87 bits per heavy atom. The zero-order chi connectivity index (χ0) is 27.1. The van der Waals surface area contributed by atoms with Gasteiger partial charge in [0.2, 0.25) is 11.8 Å². The van der Waals surface area contributed by atoms with Crippen LogP contribution < -0.4 is 10.2 Å². The van der Waals surface area contributed by atoms with Gasteiger partial charge in [-0.25, -0.2) is 9.59 Å². The van der Waals surface area contributed by atoms with Gasteiger partial charge in [0, 0.05) is 5.69 Å². The van der Waals surface area contributed by atoms with Gasteiger partial charge in [-0.05, 0) is 73.7 Å². The summed E-state index contributed by atoms with van der Waals surface area (Å²) in [5.41, 5.74) is 1.27. The highest BCUT2D eigenvalue weighted by Crippen LogP contribution is 2.59. The first-order valence-electron chi connectivity index (χ1n) is 12.2. The van der Waals surface area contributed by atoms with Crippen LogP contribution in [0.15, 0.2) is 48.5 Å². The van der Waals surface area contributed by atoms with Crippen LogP contribution in [0, 0.1) is 23.7 Å². The number of nitrogens with one attached hydrogen (secondary N) is 1. The van der Waals surface area contributed by atoms with Crippen molar-refractivity contribution in [3.05, 3.63) is 59.7 Å². The van der Waals surface area contributed by atoms with Crippen LogP contribution in [0.2, 0.25) is 0 Å². The molecule has 0 spiro atoms. The lowest BCUT2D eigenvalue weighted by atomic mass is 9.80. The molecule has 9 nitrogen and oxygen atoms in total. The number of carbonyl (C=O) groups is 5. The largest absolute Gasteiger partial charge is 0.462 e. The summed E-state index contributed by atoms with van der Waals surface area (Å²) in [6.07, 6.45) is 0.681. The molecule has 5 rings (SSSR count). The molecule has 1 heterocycles. The monoisotopic (exact) mass is 558 g/mol. The Kier molecular flexibility index (Phi) is 7.15. The highest BCUT2D eigenvalue weighted by molar-refractivity contribution is 6.32. The molecule has 2 saturated carbocycles. The topological polar surface area (TPSA) is 119 Å². The Labute approximate surface area is 228 Å². The van der Waals surface area contributed by atoms with Gasteiger partial charge >= 0.3 is 11.9 Å². The van der Waals surface area contributed by atoms with E-state index >= 15 is 0 Å². The molecule has 0 radical (unpaired) electrons. The number of imide groups is 1. The summed E-state index contributed by atoms with van der Waals surface area (Å²) in [7, 11) is 0. The zero-order valence-electron chi connectivity index (χ0n) is 20.3. The first-order valence-corrected chi connectivity index (χ1v) is 13.1. The first kappa shape index (κ1) is 26.2. The zero-order valence-corrected chi connectivity index (χ0v) is 21.8. The number of nitrogens with zero attached hydrogens (tertiary/aromatic N) is 1. The number of ether oxygens (including phenoxy) is 2. The van der Waals surface area contributed by atoms with E-state index in [0.29, 0.717) is 23.4 Å². The summed E-state index contributed by atoms with van der Waals surface area (Å²) in [5.74, 6) is -3.52. The lowest BCUT2D eigenvalue weighted by molar-refractivity contribution is -0.123. The number of esters is 2. The number of anilines is 2. The fourth-order valence-electron chi connectivity index (χ4n) is 5.67. The molecule has 2 aliphatic carbocycles. The molecule has 3 amide bonds. The molecule has 1 saturated heterocycles. The number of carbonyl (C=O) groups excluding carboxylic acids is 5. The van der Waals surface area contributed by atoms with Crippen LogP contribution in [0.25, 0.3) is 0 Å². The van der Waals surface area contributed by atoms with Crippen molar-refractivity contribution in [2.45, 2.75) is 24.1 Å². The van der Waals surface area contributed by atoms with Crippen molar-refractivity contribution in [1.29, 1.82) is 0 Å². The predicted molar refractivity (Wildman–Crippen MR) is 138 cm³/mol. The summed E-state index contributed by atoms with van der Waals surface area (Å²) >= 11 is 12.8. The molecule has 1 N–H and O–H groups in total. The van der Waals surface area contributed by atoms with E-state index in [0.717, 1.165) is 4.90 Å². The van der Waals surface area contributed by atoms with Gasteiger partial charge in [0.1, 0.15) is 0 Å². The molecule has 198 valence electrons. The third kappa shape index (κ3) is 4.54. The second-order valence-electron chi connectivity index (χ2n) is 9.48. The summed E-state index contributed by atoms with van der Waals surface area (Å²) < 4.78 is 9.99. The van der Waals surface area contributed by atoms with Gasteiger partial charge in [-0.2, -0.15) is 0 Å². The summed E-state index contributed by atoms with van der Waals surface area (Å²) in [5, 5.41) is 1.90. The minimum Gasteiger partial charge on any atom is -0.462 e. The van der Waals surface area contributed by atoms with Crippen LogP contribution >= 0.6 is 23.2 Å². The SMILES string of the molecule is CCOC(=O)c1ccc(NC(=O)COC(=O)c2ccc(N3C(=O)[C@@H]4[C@H]5C[C@@H]([C@H](Cl)[C@H]5Cl)[C@@H]4C3=O)cc2)cc1. The van der Waals surface area contributed by atoms with Crippen LogP contribution in [0.1, 0.15) is 34.1 Å². The van der Waals surface area contributed by atoms with E-state index in [-0.39, 0.29) is 46.6 Å². The Bertz CT molecular complexity index is 1270. The van der Waals surface area contributed by atoms with E-state index in [2.05, 4.69) is 5.32 Å². The highest BCUT2D eigenvalue weighted by atomic mass is 35.5. The maximum absolute atomic E-state index is 13.1. The molecule has 38 heavy (non-hydrogen) atoms. The smallest absolute Gasteiger partial charge is 0.338 e. The predicted octanol–water partition coefficient (Wildman–Crippen LogP) is 3.63. The molecule has 3 fully saturated rings. The van der Waals surface area contributed by atoms with Gasteiger partial charge in [0.05, 0.1) is 46.0 Å². The van der Waals surface area contributed by atoms with Gasteiger partial charge in [-0.3, -0.25) is 19.3 Å². The molecule has 3 aliphatic rings. The van der Waals surface area contributed by atoms with E-state index in [1.165, 1.54) is 48.5 Å². The number of benzene rings is 2. The molecule has 11 heteroatoms. The number of alkyl halides is 2. The lowest BCUT2D eigenvalue weighted by Gasteiger charge is -2.28. The van der Waals surface area contributed by atoms with E-state index in [4.69, 9.17) is 32.7 Å². The average Bonchev–Trinajstić information content (AvgIpc) is 3.52. The quantitative estimate of drug-likeness (QED) is 0.313. The maximum Gasteiger partial charge on any atom is 0.338 e. The third-order valence-electron chi connectivity index (χ3n) is 7.36. The minimum atomic E-state index is -0.742. The van der Waals surface area contributed by atoms with Crippen LogP contribution in [-0.4, -0.2) is 53.6 Å². The number of fused-ring (bicyclic) bond motifs is 5. The number of amides is 3. The third-order valence-corrected chi connectivity index (χ3v) is 8.68. The van der Waals surface area contributed by atoms with Crippen molar-refractivity contribution >= 4 is 64.2 Å². The first-order chi connectivity index (χ1) is 18.2. The van der Waals surface area contributed by atoms with Crippen LogP contribution in [0.5, 0.6) is 0 Å². The van der Waals surface area contributed by atoms with E-state index < -0.39 is 36.3 Å². The number of rotatable bonds is 7. The summed E-state index contributed by atoms with van der Waals surface area (Å²) in [4.78, 5) is 63.7. The maximum atomic E-state index is 13.1. The second-order valence-corrected chi connectivity index (χ2v) is 10.5. The van der Waals surface area contributed by atoms with Gasteiger partial charge in [-0.15, -0.1) is 23.2 Å². The Balaban J connectivity index is 1.16. The average molecular weight is 559 g/mol. The molecule has 2 aromatic rings. The number of hydrogen-bond donors (Lipinski definition) is 1. The van der Waals surface area contributed by atoms with Crippen LogP contribution in [0.3, 0.4) is 0 Å². The molecular weight excluding hydrogens is 535 g/mol. The van der Waals surface area contributed by atoms with Crippen LogP contribution in [0.4, 0.5) is 11.4 Å². The summed E-state index contributed by atoms with van der Waals surface area (Å²) in [6, 6.07) is 11.9. The fourth-order valence-corrected chi connectivity index (χ4v) is 6.56. The number of hydrogen-bond acceptors (Lipinski definition) is 7. The van der Waals surface area contributed by atoms with E-state index in [1.807, 2.05) is 0 Å². The molecule has 0 aromatic heterocycles. The number of halogens is 2. The normalized spacial score (nSPS) is 27.3. The lowest BCUT2D eigenvalue weighted by Crippen LogP contribution is -2.37. The van der Waals surface area contributed by atoms with Crippen molar-refractivity contribution in [2.24, 2.45) is 23.7 Å². The molecule has 6 atom stereocenters. The van der Waals surface area contributed by atoms with Gasteiger partial charge < -0.3 is 14.8 Å². The van der Waals surface area contributed by atoms with Gasteiger partial charge in [0.25, 0.3) is 5.91 Å². The second kappa shape index (κ2) is 10.4. The molecular formula is C27H24Cl2N2O7. The van der Waals surface area contributed by atoms with E-state index in [1.54, 1.807) is 6.92 Å². The minimum absolute atomic E-state index is 0.119. The molecule has 2 aromatic carbocycles. The highest BCUT2D eigenvalue weighted by Gasteiger charge is 2.66. The van der Waals surface area contributed by atoms with Crippen molar-refractivity contribution in [3.63, 3.8) is 0 Å². The van der Waals surface area contributed by atoms with E-state index in [9.17, 15) is 24.0 Å². The van der Waals surface area contributed by atoms with Crippen LogP contribution in [-0.2, 0) is 23.9 Å². The summed E-state index contributed by atoms with van der Waals surface area (Å²) in [6.45, 7) is 1.43. The Hall–Kier alpha value is -3.43. The van der Waals surface area contributed by atoms with Crippen molar-refractivity contribution < 1.29 is 33.4 Å². The molecule has 0 unspecified atom stereocenters. The van der Waals surface area contributed by atoms with Gasteiger partial charge in [0.15, 0.2) is 6.61 Å². The van der Waals surface area contributed by atoms with Crippen molar-refractivity contribution in [1.82, 2.24) is 0 Å². The van der Waals surface area contributed by atoms with Crippen molar-refractivity contribution in [2.75, 3.05) is 23.4 Å².